The van der Waals surface area contributed by atoms with Crippen LogP contribution in [-0.2, 0) is 14.3 Å². The third-order valence-corrected chi connectivity index (χ3v) is 3.19. The maximum Gasteiger partial charge on any atom is 0.167 e. The minimum Gasteiger partial charge on any atom is -0.491 e. The molecule has 1 aromatic carbocycles. The number of rotatable bonds is 10. The van der Waals surface area contributed by atoms with E-state index in [1.165, 1.54) is 19.3 Å². The summed E-state index contributed by atoms with van der Waals surface area (Å²) < 4.78 is 16.3. The Bertz CT molecular complexity index is 355. The van der Waals surface area contributed by atoms with Crippen molar-refractivity contribution in [3.8, 4) is 5.75 Å². The van der Waals surface area contributed by atoms with Crippen LogP contribution in [0, 0.1) is 6.07 Å². The van der Waals surface area contributed by atoms with E-state index in [2.05, 4.69) is 6.07 Å². The van der Waals surface area contributed by atoms with Crippen molar-refractivity contribution < 1.29 is 19.0 Å². The largest absolute Gasteiger partial charge is 0.491 e. The predicted octanol–water partition coefficient (Wildman–Crippen LogP) is 2.27. The zero-order valence-corrected chi connectivity index (χ0v) is 12.5. The van der Waals surface area contributed by atoms with Gasteiger partial charge in [0, 0.05) is 13.1 Å². The summed E-state index contributed by atoms with van der Waals surface area (Å²) >= 11 is 0. The molecule has 5 nitrogen and oxygen atoms in total. The van der Waals surface area contributed by atoms with Crippen molar-refractivity contribution in [3.05, 3.63) is 30.3 Å². The SMILES string of the molecule is [c]1ccc(OCCOCCOCON2CCCCC2)cc1. The van der Waals surface area contributed by atoms with Crippen molar-refractivity contribution in [2.45, 2.75) is 19.3 Å². The molecule has 0 aliphatic carbocycles. The summed E-state index contributed by atoms with van der Waals surface area (Å²) in [6, 6.07) is 10.3. The van der Waals surface area contributed by atoms with E-state index in [1.807, 2.05) is 29.3 Å². The van der Waals surface area contributed by atoms with Gasteiger partial charge in [-0.1, -0.05) is 18.6 Å². The molecule has 1 fully saturated rings. The van der Waals surface area contributed by atoms with Crippen LogP contribution in [0.15, 0.2) is 24.3 Å². The van der Waals surface area contributed by atoms with Gasteiger partial charge in [0.2, 0.25) is 0 Å². The van der Waals surface area contributed by atoms with Gasteiger partial charge >= 0.3 is 0 Å². The number of hydrogen-bond donors (Lipinski definition) is 0. The molecule has 1 aromatic rings. The number of benzene rings is 1. The van der Waals surface area contributed by atoms with Crippen LogP contribution in [0.2, 0.25) is 0 Å². The van der Waals surface area contributed by atoms with E-state index in [9.17, 15) is 0 Å². The molecule has 0 unspecified atom stereocenters. The highest BCUT2D eigenvalue weighted by atomic mass is 16.8. The second-order valence-electron chi connectivity index (χ2n) is 4.84. The maximum atomic E-state index is 5.50. The van der Waals surface area contributed by atoms with Crippen LogP contribution >= 0.6 is 0 Å². The van der Waals surface area contributed by atoms with Gasteiger partial charge in [0.25, 0.3) is 0 Å². The molecule has 1 aliphatic heterocycles. The Kier molecular flexibility index (Phi) is 8.17. The fourth-order valence-corrected chi connectivity index (χ4v) is 2.07. The Balaban J connectivity index is 1.35. The van der Waals surface area contributed by atoms with Gasteiger partial charge < -0.3 is 14.2 Å². The Labute approximate surface area is 126 Å². The summed E-state index contributed by atoms with van der Waals surface area (Å²) in [5.41, 5.74) is 0. The van der Waals surface area contributed by atoms with Gasteiger partial charge in [-0.25, -0.2) is 0 Å². The molecule has 5 heteroatoms. The average molecular weight is 294 g/mol. The van der Waals surface area contributed by atoms with Crippen LogP contribution in [0.25, 0.3) is 0 Å². The summed E-state index contributed by atoms with van der Waals surface area (Å²) in [6.07, 6.45) is 3.73. The first-order valence-electron chi connectivity index (χ1n) is 7.57. The van der Waals surface area contributed by atoms with Gasteiger partial charge in [-0.3, -0.25) is 4.84 Å². The number of piperidine rings is 1. The molecule has 117 valence electrons. The van der Waals surface area contributed by atoms with E-state index in [0.29, 0.717) is 33.2 Å². The molecule has 1 aliphatic rings. The lowest BCUT2D eigenvalue weighted by Crippen LogP contribution is -2.31. The summed E-state index contributed by atoms with van der Waals surface area (Å²) in [4.78, 5) is 5.50. The molecule has 0 bridgehead atoms. The van der Waals surface area contributed by atoms with Crippen LogP contribution in [-0.4, -0.2) is 51.4 Å². The second-order valence-corrected chi connectivity index (χ2v) is 4.84. The Morgan fingerprint density at radius 3 is 2.43 bits per heavy atom. The predicted molar refractivity (Wildman–Crippen MR) is 78.9 cm³/mol. The molecular formula is C16H24NO4. The third-order valence-electron chi connectivity index (χ3n) is 3.19. The highest BCUT2D eigenvalue weighted by molar-refractivity contribution is 5.20. The molecule has 0 N–H and O–H groups in total. The summed E-state index contributed by atoms with van der Waals surface area (Å²) in [6.45, 7) is 4.50. The first kappa shape index (κ1) is 16.2. The molecule has 21 heavy (non-hydrogen) atoms. The standard InChI is InChI=1S/C16H24NO4/c1-3-7-16(8-4-1)20-14-13-18-11-12-19-15-21-17-9-5-2-6-10-17/h3-4,7-8H,2,5-6,9-15H2. The van der Waals surface area contributed by atoms with E-state index >= 15 is 0 Å². The average Bonchev–Trinajstić information content (AvgIpc) is 2.55. The van der Waals surface area contributed by atoms with E-state index in [0.717, 1.165) is 18.8 Å². The fourth-order valence-electron chi connectivity index (χ4n) is 2.07. The van der Waals surface area contributed by atoms with Crippen molar-refractivity contribution in [1.82, 2.24) is 5.06 Å². The smallest absolute Gasteiger partial charge is 0.167 e. The van der Waals surface area contributed by atoms with E-state index < -0.39 is 0 Å². The lowest BCUT2D eigenvalue weighted by Gasteiger charge is -2.25. The summed E-state index contributed by atoms with van der Waals surface area (Å²) in [5.74, 6) is 0.837. The van der Waals surface area contributed by atoms with Gasteiger partial charge in [0.15, 0.2) is 6.79 Å². The second kappa shape index (κ2) is 10.6. The molecule has 1 saturated heterocycles. The lowest BCUT2D eigenvalue weighted by molar-refractivity contribution is -0.232. The van der Waals surface area contributed by atoms with Crippen molar-refractivity contribution in [2.75, 3.05) is 46.3 Å². The molecular weight excluding hydrogens is 270 g/mol. The quantitative estimate of drug-likeness (QED) is 0.489. The minimum atomic E-state index is 0.306. The lowest BCUT2D eigenvalue weighted by atomic mass is 10.2. The van der Waals surface area contributed by atoms with Crippen molar-refractivity contribution in [1.29, 1.82) is 0 Å². The van der Waals surface area contributed by atoms with Gasteiger partial charge in [-0.05, 0) is 31.0 Å². The molecule has 0 atom stereocenters. The first-order valence-corrected chi connectivity index (χ1v) is 7.57. The van der Waals surface area contributed by atoms with Crippen molar-refractivity contribution in [3.63, 3.8) is 0 Å². The fraction of sp³-hybridized carbons (Fsp3) is 0.625. The summed E-state index contributed by atoms with van der Waals surface area (Å²) in [7, 11) is 0. The highest BCUT2D eigenvalue weighted by Gasteiger charge is 2.09. The van der Waals surface area contributed by atoms with Crippen LogP contribution in [0.1, 0.15) is 19.3 Å². The van der Waals surface area contributed by atoms with E-state index in [-0.39, 0.29) is 0 Å². The van der Waals surface area contributed by atoms with E-state index in [4.69, 9.17) is 19.0 Å². The van der Waals surface area contributed by atoms with Crippen molar-refractivity contribution in [2.24, 2.45) is 0 Å². The van der Waals surface area contributed by atoms with Gasteiger partial charge in [-0.15, -0.1) is 0 Å². The Morgan fingerprint density at radius 2 is 1.62 bits per heavy atom. The molecule has 1 heterocycles. The Hall–Kier alpha value is -1.14. The molecule has 2 rings (SSSR count). The maximum absolute atomic E-state index is 5.50. The zero-order chi connectivity index (χ0) is 14.6. The van der Waals surface area contributed by atoms with Crippen LogP contribution in [0.3, 0.4) is 0 Å². The number of hydrogen-bond acceptors (Lipinski definition) is 5. The van der Waals surface area contributed by atoms with E-state index in [1.54, 1.807) is 0 Å². The molecule has 0 saturated carbocycles. The first-order chi connectivity index (χ1) is 10.4. The van der Waals surface area contributed by atoms with Gasteiger partial charge in [0.05, 0.1) is 19.8 Å². The molecule has 0 aromatic heterocycles. The number of ether oxygens (including phenoxy) is 3. The number of nitrogens with zero attached hydrogens (tertiary/aromatic N) is 1. The van der Waals surface area contributed by atoms with Crippen LogP contribution in [0.4, 0.5) is 0 Å². The normalized spacial score (nSPS) is 16.0. The summed E-state index contributed by atoms with van der Waals surface area (Å²) in [5, 5.41) is 1.98. The topological polar surface area (TPSA) is 40.2 Å². The zero-order valence-electron chi connectivity index (χ0n) is 12.5. The molecule has 0 amide bonds. The van der Waals surface area contributed by atoms with Gasteiger partial charge in [0.1, 0.15) is 12.4 Å². The van der Waals surface area contributed by atoms with Crippen molar-refractivity contribution >= 4 is 0 Å². The van der Waals surface area contributed by atoms with Crippen LogP contribution in [0.5, 0.6) is 5.75 Å². The molecule has 1 radical (unpaired) electrons. The minimum absolute atomic E-state index is 0.306. The third kappa shape index (κ3) is 7.43. The molecule has 0 spiro atoms. The number of hydroxylamine groups is 2. The van der Waals surface area contributed by atoms with Crippen LogP contribution < -0.4 is 4.74 Å². The van der Waals surface area contributed by atoms with Gasteiger partial charge in [-0.2, -0.15) is 5.06 Å². The monoisotopic (exact) mass is 294 g/mol. The Morgan fingerprint density at radius 1 is 0.905 bits per heavy atom. The highest BCUT2D eigenvalue weighted by Crippen LogP contribution is 2.08.